The van der Waals surface area contributed by atoms with Gasteiger partial charge in [0.1, 0.15) is 17.5 Å². The summed E-state index contributed by atoms with van der Waals surface area (Å²) in [5.41, 5.74) is 3.43. The van der Waals surface area contributed by atoms with E-state index in [1.54, 1.807) is 6.07 Å². The third kappa shape index (κ3) is 3.48. The molecule has 110 valence electrons. The Bertz CT molecular complexity index is 600. The summed E-state index contributed by atoms with van der Waals surface area (Å²) in [7, 11) is 0. The molecule has 1 aromatic carbocycles. The number of benzene rings is 1. The number of nitrogens with zero attached hydrogens (tertiary/aromatic N) is 2. The highest BCUT2D eigenvalue weighted by Crippen LogP contribution is 2.38. The Morgan fingerprint density at radius 3 is 2.57 bits per heavy atom. The molecule has 1 fully saturated rings. The Morgan fingerprint density at radius 2 is 1.90 bits per heavy atom. The fraction of sp³-hybridized carbons (Fsp3) is 0.333. The molecule has 1 aliphatic carbocycles. The Hall–Kier alpha value is -2.18. The topological polar surface area (TPSA) is 96.1 Å². The average Bonchev–Trinajstić information content (AvgIpc) is 3.38. The van der Waals surface area contributed by atoms with Crippen LogP contribution in [-0.2, 0) is 0 Å². The molecule has 1 aliphatic rings. The SMILES string of the molecule is NNc1cc(NCC(O)c2ccccc2)nc(C2CC2)n1. The predicted octanol–water partition coefficient (Wildman–Crippen LogP) is 1.79. The predicted molar refractivity (Wildman–Crippen MR) is 81.7 cm³/mol. The molecule has 1 atom stereocenters. The van der Waals surface area contributed by atoms with Gasteiger partial charge < -0.3 is 15.8 Å². The lowest BCUT2D eigenvalue weighted by Gasteiger charge is -2.14. The van der Waals surface area contributed by atoms with E-state index in [0.29, 0.717) is 24.1 Å². The van der Waals surface area contributed by atoms with Crippen LogP contribution in [0.3, 0.4) is 0 Å². The van der Waals surface area contributed by atoms with E-state index < -0.39 is 6.10 Å². The van der Waals surface area contributed by atoms with Crippen LogP contribution >= 0.6 is 0 Å². The van der Waals surface area contributed by atoms with Crippen molar-refractivity contribution in [1.82, 2.24) is 9.97 Å². The standard InChI is InChI=1S/C15H19N5O/c16-20-14-8-13(18-15(19-14)11-6-7-11)17-9-12(21)10-4-2-1-3-5-10/h1-5,8,11-12,21H,6-7,9,16H2,(H2,17,18,19,20). The number of nitrogens with two attached hydrogens (primary N) is 1. The number of hydrogen-bond acceptors (Lipinski definition) is 6. The van der Waals surface area contributed by atoms with E-state index in [-0.39, 0.29) is 0 Å². The molecule has 1 saturated carbocycles. The molecule has 0 radical (unpaired) electrons. The van der Waals surface area contributed by atoms with Crippen molar-refractivity contribution in [2.24, 2.45) is 5.84 Å². The highest BCUT2D eigenvalue weighted by atomic mass is 16.3. The third-order valence-electron chi connectivity index (χ3n) is 3.49. The molecule has 0 amide bonds. The van der Waals surface area contributed by atoms with Gasteiger partial charge in [-0.2, -0.15) is 0 Å². The van der Waals surface area contributed by atoms with E-state index in [4.69, 9.17) is 5.84 Å². The van der Waals surface area contributed by atoms with Crippen molar-refractivity contribution in [2.75, 3.05) is 17.3 Å². The fourth-order valence-corrected chi connectivity index (χ4v) is 2.15. The first-order valence-corrected chi connectivity index (χ1v) is 7.08. The van der Waals surface area contributed by atoms with E-state index in [1.165, 1.54) is 0 Å². The van der Waals surface area contributed by atoms with Gasteiger partial charge in [0, 0.05) is 18.5 Å². The molecule has 21 heavy (non-hydrogen) atoms. The highest BCUT2D eigenvalue weighted by molar-refractivity contribution is 5.47. The Morgan fingerprint density at radius 1 is 1.19 bits per heavy atom. The molecule has 5 N–H and O–H groups in total. The van der Waals surface area contributed by atoms with E-state index in [0.717, 1.165) is 24.2 Å². The number of rotatable bonds is 6. The van der Waals surface area contributed by atoms with Gasteiger partial charge in [0.25, 0.3) is 0 Å². The maximum absolute atomic E-state index is 10.2. The van der Waals surface area contributed by atoms with Crippen LogP contribution < -0.4 is 16.6 Å². The third-order valence-corrected chi connectivity index (χ3v) is 3.49. The summed E-state index contributed by atoms with van der Waals surface area (Å²) in [5.74, 6) is 7.95. The molecule has 1 heterocycles. The Balaban J connectivity index is 1.68. The van der Waals surface area contributed by atoms with Gasteiger partial charge >= 0.3 is 0 Å². The lowest BCUT2D eigenvalue weighted by molar-refractivity contribution is 0.191. The summed E-state index contributed by atoms with van der Waals surface area (Å²) in [6.45, 7) is 0.384. The second kappa shape index (κ2) is 6.07. The second-order valence-corrected chi connectivity index (χ2v) is 5.22. The quantitative estimate of drug-likeness (QED) is 0.477. The Labute approximate surface area is 123 Å². The van der Waals surface area contributed by atoms with Gasteiger partial charge in [-0.1, -0.05) is 30.3 Å². The molecule has 0 bridgehead atoms. The van der Waals surface area contributed by atoms with Gasteiger partial charge in [0.2, 0.25) is 0 Å². The van der Waals surface area contributed by atoms with Crippen LogP contribution in [0.4, 0.5) is 11.6 Å². The molecule has 3 rings (SSSR count). The normalized spacial score (nSPS) is 15.5. The maximum atomic E-state index is 10.2. The van der Waals surface area contributed by atoms with Crippen molar-refractivity contribution in [3.63, 3.8) is 0 Å². The zero-order chi connectivity index (χ0) is 14.7. The van der Waals surface area contributed by atoms with Crippen LogP contribution in [-0.4, -0.2) is 21.6 Å². The molecule has 2 aromatic rings. The summed E-state index contributed by atoms with van der Waals surface area (Å²) >= 11 is 0. The zero-order valence-corrected chi connectivity index (χ0v) is 11.7. The van der Waals surface area contributed by atoms with E-state index >= 15 is 0 Å². The molecule has 0 aliphatic heterocycles. The van der Waals surface area contributed by atoms with Crippen LogP contribution in [0.15, 0.2) is 36.4 Å². The smallest absolute Gasteiger partial charge is 0.145 e. The summed E-state index contributed by atoms with van der Waals surface area (Å²) in [6.07, 6.45) is 1.67. The molecular weight excluding hydrogens is 266 g/mol. The van der Waals surface area contributed by atoms with Crippen LogP contribution in [0.5, 0.6) is 0 Å². The van der Waals surface area contributed by atoms with Gasteiger partial charge in [0.15, 0.2) is 0 Å². The van der Waals surface area contributed by atoms with Crippen molar-refractivity contribution < 1.29 is 5.11 Å². The van der Waals surface area contributed by atoms with Crippen LogP contribution in [0.25, 0.3) is 0 Å². The van der Waals surface area contributed by atoms with Crippen molar-refractivity contribution in [1.29, 1.82) is 0 Å². The number of aliphatic hydroxyl groups excluding tert-OH is 1. The van der Waals surface area contributed by atoms with Gasteiger partial charge in [-0.25, -0.2) is 15.8 Å². The molecular formula is C15H19N5O. The minimum Gasteiger partial charge on any atom is -0.387 e. The van der Waals surface area contributed by atoms with Crippen molar-refractivity contribution in [3.05, 3.63) is 47.8 Å². The molecule has 0 saturated heterocycles. The van der Waals surface area contributed by atoms with Gasteiger partial charge in [-0.05, 0) is 18.4 Å². The summed E-state index contributed by atoms with van der Waals surface area (Å²) in [4.78, 5) is 8.83. The number of hydrogen-bond donors (Lipinski definition) is 4. The molecule has 0 spiro atoms. The lowest BCUT2D eigenvalue weighted by Crippen LogP contribution is -2.15. The van der Waals surface area contributed by atoms with Crippen LogP contribution in [0.1, 0.15) is 36.3 Å². The first-order chi connectivity index (χ1) is 10.3. The fourth-order valence-electron chi connectivity index (χ4n) is 2.15. The number of nitrogens with one attached hydrogen (secondary N) is 2. The number of anilines is 2. The molecule has 1 unspecified atom stereocenters. The van der Waals surface area contributed by atoms with Crippen molar-refractivity contribution >= 4 is 11.6 Å². The van der Waals surface area contributed by atoms with Gasteiger partial charge in [-0.15, -0.1) is 0 Å². The molecule has 6 nitrogen and oxygen atoms in total. The van der Waals surface area contributed by atoms with E-state index in [2.05, 4.69) is 20.7 Å². The number of nitrogen functional groups attached to an aromatic ring is 1. The molecule has 1 aromatic heterocycles. The first-order valence-electron chi connectivity index (χ1n) is 7.08. The lowest BCUT2D eigenvalue weighted by atomic mass is 10.1. The number of aromatic nitrogens is 2. The Kier molecular flexibility index (Phi) is 3.98. The first kappa shape index (κ1) is 13.8. The second-order valence-electron chi connectivity index (χ2n) is 5.22. The number of aliphatic hydroxyl groups is 1. The van der Waals surface area contributed by atoms with E-state index in [9.17, 15) is 5.11 Å². The molecule has 6 heteroatoms. The summed E-state index contributed by atoms with van der Waals surface area (Å²) < 4.78 is 0. The summed E-state index contributed by atoms with van der Waals surface area (Å²) in [6, 6.07) is 11.3. The van der Waals surface area contributed by atoms with Gasteiger partial charge in [-0.3, -0.25) is 0 Å². The maximum Gasteiger partial charge on any atom is 0.145 e. The minimum absolute atomic E-state index is 0.384. The monoisotopic (exact) mass is 285 g/mol. The highest BCUT2D eigenvalue weighted by Gasteiger charge is 2.27. The average molecular weight is 285 g/mol. The zero-order valence-electron chi connectivity index (χ0n) is 11.7. The number of hydrazine groups is 1. The largest absolute Gasteiger partial charge is 0.387 e. The van der Waals surface area contributed by atoms with E-state index in [1.807, 2.05) is 30.3 Å². The summed E-state index contributed by atoms with van der Waals surface area (Å²) in [5, 5.41) is 13.3. The van der Waals surface area contributed by atoms with Gasteiger partial charge in [0.05, 0.1) is 6.10 Å². The van der Waals surface area contributed by atoms with Crippen LogP contribution in [0.2, 0.25) is 0 Å². The van der Waals surface area contributed by atoms with Crippen molar-refractivity contribution in [2.45, 2.75) is 24.9 Å². The van der Waals surface area contributed by atoms with Crippen LogP contribution in [0, 0.1) is 0 Å². The van der Waals surface area contributed by atoms with Crippen molar-refractivity contribution in [3.8, 4) is 0 Å². The minimum atomic E-state index is -0.583.